The van der Waals surface area contributed by atoms with E-state index in [0.29, 0.717) is 26.3 Å². The summed E-state index contributed by atoms with van der Waals surface area (Å²) in [5.41, 5.74) is 9.90. The van der Waals surface area contributed by atoms with E-state index in [0.717, 1.165) is 5.69 Å². The first-order chi connectivity index (χ1) is 8.89. The lowest BCUT2D eigenvalue weighted by Gasteiger charge is -2.28. The van der Waals surface area contributed by atoms with Crippen molar-refractivity contribution >= 4 is 33.3 Å². The van der Waals surface area contributed by atoms with Gasteiger partial charge in [-0.05, 0) is 12.1 Å². The van der Waals surface area contributed by atoms with Crippen LogP contribution in [0.3, 0.4) is 0 Å². The fraction of sp³-hybridized carbons (Fsp3) is 0.400. The number of nitrogens with zero attached hydrogens (tertiary/aromatic N) is 3. The van der Waals surface area contributed by atoms with E-state index in [1.54, 1.807) is 6.07 Å². The topological polar surface area (TPSA) is 92.2 Å². The van der Waals surface area contributed by atoms with Crippen molar-refractivity contribution in [3.8, 4) is 0 Å². The summed E-state index contributed by atoms with van der Waals surface area (Å²) in [6.07, 6.45) is 0. The molecular weight excluding hydrogens is 294 g/mol. The van der Waals surface area contributed by atoms with E-state index in [4.69, 9.17) is 20.9 Å². The summed E-state index contributed by atoms with van der Waals surface area (Å²) in [7, 11) is -4.75. The molecule has 1 fully saturated rings. The number of ether oxygens (including phenoxy) is 1. The maximum absolute atomic E-state index is 10.8. The van der Waals surface area contributed by atoms with Gasteiger partial charge in [-0.2, -0.15) is 0 Å². The SMILES string of the molecule is [N-]=[N+](c1ccc(N2CCOCC2)cc1Cl)S(=O)(=O)O. The number of morpholine rings is 1. The number of rotatable bonds is 3. The van der Waals surface area contributed by atoms with Gasteiger partial charge < -0.3 is 15.2 Å². The van der Waals surface area contributed by atoms with Crippen molar-refractivity contribution < 1.29 is 21.8 Å². The van der Waals surface area contributed by atoms with Crippen LogP contribution in [-0.2, 0) is 15.0 Å². The largest absolute Gasteiger partial charge is 0.501 e. The van der Waals surface area contributed by atoms with E-state index >= 15 is 0 Å². The highest BCUT2D eigenvalue weighted by Crippen LogP contribution is 2.30. The molecule has 2 rings (SSSR count). The Kier molecular flexibility index (Phi) is 4.04. The Balaban J connectivity index is 2.29. The number of hydrogen-bond acceptors (Lipinski definition) is 4. The lowest BCUT2D eigenvalue weighted by molar-refractivity contribution is -0.298. The van der Waals surface area contributed by atoms with Crippen LogP contribution in [0.2, 0.25) is 5.02 Å². The van der Waals surface area contributed by atoms with E-state index in [1.165, 1.54) is 12.1 Å². The quantitative estimate of drug-likeness (QED) is 0.521. The molecule has 0 atom stereocenters. The van der Waals surface area contributed by atoms with Crippen molar-refractivity contribution in [2.45, 2.75) is 0 Å². The molecule has 0 aliphatic carbocycles. The van der Waals surface area contributed by atoms with Gasteiger partial charge in [0.2, 0.25) is 5.69 Å². The Morgan fingerprint density at radius 2 is 2.00 bits per heavy atom. The maximum atomic E-state index is 10.8. The third-order valence-corrected chi connectivity index (χ3v) is 3.67. The van der Waals surface area contributed by atoms with E-state index in [1.807, 2.05) is 4.90 Å². The molecule has 0 bridgehead atoms. The molecule has 0 aromatic heterocycles. The minimum atomic E-state index is -4.75. The Hall–Kier alpha value is -1.22. The van der Waals surface area contributed by atoms with Gasteiger partial charge in [-0.1, -0.05) is 11.6 Å². The Bertz CT molecular complexity index is 599. The molecule has 0 radical (unpaired) electrons. The highest BCUT2D eigenvalue weighted by molar-refractivity contribution is 7.79. The van der Waals surface area contributed by atoms with E-state index < -0.39 is 10.3 Å². The summed E-state index contributed by atoms with van der Waals surface area (Å²) in [5.74, 6) is 0. The van der Waals surface area contributed by atoms with Crippen molar-refractivity contribution in [2.24, 2.45) is 0 Å². The summed E-state index contributed by atoms with van der Waals surface area (Å²) in [5, 5.41) is 0.0177. The van der Waals surface area contributed by atoms with Gasteiger partial charge in [-0.25, -0.2) is 4.55 Å². The van der Waals surface area contributed by atoms with Gasteiger partial charge in [0.25, 0.3) is 0 Å². The average molecular weight is 306 g/mol. The zero-order valence-corrected chi connectivity index (χ0v) is 11.4. The predicted octanol–water partition coefficient (Wildman–Crippen LogP) is 1.65. The van der Waals surface area contributed by atoms with Crippen molar-refractivity contribution in [3.05, 3.63) is 28.8 Å². The van der Waals surface area contributed by atoms with Crippen LogP contribution in [0.1, 0.15) is 0 Å². The Labute approximate surface area is 115 Å². The van der Waals surface area contributed by atoms with Gasteiger partial charge in [-0.3, -0.25) is 0 Å². The lowest BCUT2D eigenvalue weighted by atomic mass is 10.2. The van der Waals surface area contributed by atoms with E-state index in [9.17, 15) is 13.9 Å². The van der Waals surface area contributed by atoms with Crippen LogP contribution >= 0.6 is 11.6 Å². The van der Waals surface area contributed by atoms with Gasteiger partial charge in [0, 0.05) is 24.8 Å². The summed E-state index contributed by atoms with van der Waals surface area (Å²) in [4.78, 5) is 2.02. The highest BCUT2D eigenvalue weighted by atomic mass is 35.5. The summed E-state index contributed by atoms with van der Waals surface area (Å²) in [6.45, 7) is 2.63. The molecule has 1 saturated heterocycles. The van der Waals surface area contributed by atoms with Crippen molar-refractivity contribution in [1.82, 2.24) is 0 Å². The van der Waals surface area contributed by atoms with Gasteiger partial charge >= 0.3 is 10.3 Å². The van der Waals surface area contributed by atoms with Crippen LogP contribution in [0, 0.1) is 0 Å². The Morgan fingerprint density at radius 1 is 1.37 bits per heavy atom. The molecule has 0 spiro atoms. The maximum Gasteiger partial charge on any atom is 0.501 e. The van der Waals surface area contributed by atoms with Crippen LogP contribution in [-0.4, -0.2) is 43.4 Å². The summed E-state index contributed by atoms with van der Waals surface area (Å²) >= 11 is 5.91. The molecular formula is C10H12ClN3O4S. The van der Waals surface area contributed by atoms with Gasteiger partial charge in [0.15, 0.2) is 0 Å². The van der Waals surface area contributed by atoms with Gasteiger partial charge in [0.05, 0.1) is 13.2 Å². The first kappa shape index (κ1) is 14.2. The van der Waals surface area contributed by atoms with Crippen molar-refractivity contribution in [1.29, 1.82) is 0 Å². The number of halogens is 1. The second-order valence-corrected chi connectivity index (χ2v) is 5.60. The number of anilines is 1. The molecule has 7 nitrogen and oxygen atoms in total. The molecule has 0 amide bonds. The smallest absolute Gasteiger partial charge is 0.478 e. The number of hydrogen-bond donors (Lipinski definition) is 1. The second-order valence-electron chi connectivity index (χ2n) is 3.96. The van der Waals surface area contributed by atoms with E-state index in [-0.39, 0.29) is 14.8 Å². The molecule has 0 unspecified atom stereocenters. The first-order valence-electron chi connectivity index (χ1n) is 5.48. The minimum absolute atomic E-state index is 0.0177. The fourth-order valence-corrected chi connectivity index (χ4v) is 2.51. The molecule has 19 heavy (non-hydrogen) atoms. The van der Waals surface area contributed by atoms with Crippen molar-refractivity contribution in [3.63, 3.8) is 0 Å². The van der Waals surface area contributed by atoms with Crippen LogP contribution in [0.25, 0.3) is 5.53 Å². The van der Waals surface area contributed by atoms with Crippen LogP contribution in [0.5, 0.6) is 0 Å². The molecule has 1 aliphatic heterocycles. The third kappa shape index (κ3) is 3.21. The third-order valence-electron chi connectivity index (χ3n) is 2.73. The fourth-order valence-electron chi connectivity index (χ4n) is 1.79. The molecule has 1 aliphatic rings. The molecule has 0 saturated carbocycles. The summed E-state index contributed by atoms with van der Waals surface area (Å²) in [6, 6.07) is 4.46. The van der Waals surface area contributed by atoms with Crippen LogP contribution in [0.4, 0.5) is 11.4 Å². The van der Waals surface area contributed by atoms with E-state index in [2.05, 4.69) is 0 Å². The second kappa shape index (κ2) is 5.41. The zero-order valence-electron chi connectivity index (χ0n) is 9.86. The monoisotopic (exact) mass is 305 g/mol. The van der Waals surface area contributed by atoms with Gasteiger partial charge in [0.1, 0.15) is 5.02 Å². The molecule has 1 aromatic rings. The predicted molar refractivity (Wildman–Crippen MR) is 69.3 cm³/mol. The van der Waals surface area contributed by atoms with Crippen LogP contribution < -0.4 is 4.90 Å². The molecule has 104 valence electrons. The zero-order chi connectivity index (χ0) is 14.0. The first-order valence-corrected chi connectivity index (χ1v) is 7.26. The average Bonchev–Trinajstić information content (AvgIpc) is 2.38. The minimum Gasteiger partial charge on any atom is -0.478 e. The Morgan fingerprint density at radius 3 is 2.53 bits per heavy atom. The van der Waals surface area contributed by atoms with Gasteiger partial charge in [-0.15, -0.1) is 12.5 Å². The molecule has 1 heterocycles. The molecule has 1 aromatic carbocycles. The number of benzene rings is 1. The highest BCUT2D eigenvalue weighted by Gasteiger charge is 2.22. The van der Waals surface area contributed by atoms with Crippen molar-refractivity contribution in [2.75, 3.05) is 31.2 Å². The molecule has 9 heteroatoms. The normalized spacial score (nSPS) is 16.4. The lowest BCUT2D eigenvalue weighted by Crippen LogP contribution is -2.36. The van der Waals surface area contributed by atoms with Crippen LogP contribution in [0.15, 0.2) is 18.2 Å². The summed E-state index contributed by atoms with van der Waals surface area (Å²) < 4.78 is 35.3. The standard InChI is InChI=1S/C10H12ClN3O4S/c11-9-7-8(13-3-5-18-6-4-13)1-2-10(9)14(12)19(15,16)17/h1-2,7H,3-6H2,(H,15,16,17). The molecule has 1 N–H and O–H groups in total.